The number of nitrogens with two attached hydrogens (primary N) is 1. The van der Waals surface area contributed by atoms with Crippen molar-refractivity contribution in [2.75, 3.05) is 47.4 Å². The molecule has 46 heavy (non-hydrogen) atoms. The first kappa shape index (κ1) is 32.9. The summed E-state index contributed by atoms with van der Waals surface area (Å²) in [6.45, 7) is 1.38. The number of hydrogen-bond donors (Lipinski definition) is 6. The Morgan fingerprint density at radius 3 is 2.76 bits per heavy atom. The van der Waals surface area contributed by atoms with E-state index in [2.05, 4.69) is 34.0 Å². The molecule has 1 fully saturated rings. The van der Waals surface area contributed by atoms with Crippen LogP contribution in [0, 0.1) is 11.3 Å². The molecule has 0 aromatic heterocycles. The number of piperidine rings is 1. The Morgan fingerprint density at radius 2 is 2.04 bits per heavy atom. The van der Waals surface area contributed by atoms with Crippen molar-refractivity contribution < 1.29 is 38.5 Å². The summed E-state index contributed by atoms with van der Waals surface area (Å²) in [7, 11) is 5.36. The van der Waals surface area contributed by atoms with E-state index in [9.17, 15) is 19.2 Å². The number of allylic oxidation sites excluding steroid dienone is 1. The Morgan fingerprint density at radius 1 is 1.26 bits per heavy atom. The fraction of sp³-hybridized carbons (Fsp3) is 0.581. The van der Waals surface area contributed by atoms with Crippen LogP contribution in [-0.2, 0) is 31.0 Å². The van der Waals surface area contributed by atoms with Gasteiger partial charge in [0.1, 0.15) is 18.2 Å². The average Bonchev–Trinajstić information content (AvgIpc) is 3.36. The molecule has 2 bridgehead atoms. The Labute approximate surface area is 267 Å². The molecule has 15 nitrogen and oxygen atoms in total. The lowest BCUT2D eigenvalue weighted by Gasteiger charge is -2.56. The van der Waals surface area contributed by atoms with Crippen LogP contribution in [0.2, 0.25) is 0 Å². The highest BCUT2D eigenvalue weighted by molar-refractivity contribution is 5.96. The number of methoxy groups -OCH3 is 1. The molecule has 2 aliphatic carbocycles. The minimum Gasteiger partial charge on any atom is -0.493 e. The van der Waals surface area contributed by atoms with Gasteiger partial charge in [-0.25, -0.2) is 4.79 Å². The van der Waals surface area contributed by atoms with Crippen LogP contribution >= 0.6 is 0 Å². The number of carbonyl (C=O) groups excluding carboxylic acids is 3. The molecule has 4 aliphatic rings. The van der Waals surface area contributed by atoms with Gasteiger partial charge in [0.2, 0.25) is 11.8 Å². The number of likely N-dealkylation sites (tertiary alicyclic amines) is 1. The number of hydrogen-bond acceptors (Lipinski definition) is 9. The van der Waals surface area contributed by atoms with Gasteiger partial charge in [0, 0.05) is 43.7 Å². The molecule has 0 saturated carbocycles. The van der Waals surface area contributed by atoms with E-state index in [-0.39, 0.29) is 30.9 Å². The highest BCUT2D eigenvalue weighted by Crippen LogP contribution is 2.63. The number of nitrogens with zero attached hydrogens (tertiary/aromatic N) is 2. The summed E-state index contributed by atoms with van der Waals surface area (Å²) in [5, 5.41) is 23.9. The van der Waals surface area contributed by atoms with E-state index in [1.54, 1.807) is 14.2 Å². The van der Waals surface area contributed by atoms with Crippen LogP contribution in [0.25, 0.3) is 0 Å². The molecule has 1 aromatic carbocycles. The number of likely N-dealkylation sites (N-methyl/N-ethyl adjacent to an activating group) is 2. The Balaban J connectivity index is 1.20. The summed E-state index contributed by atoms with van der Waals surface area (Å²) in [5.74, 6) is -0.669. The van der Waals surface area contributed by atoms with Crippen molar-refractivity contribution >= 4 is 29.8 Å². The third kappa shape index (κ3) is 6.28. The predicted molar refractivity (Wildman–Crippen MR) is 165 cm³/mol. The zero-order chi connectivity index (χ0) is 33.2. The van der Waals surface area contributed by atoms with Gasteiger partial charge in [-0.2, -0.15) is 0 Å². The maximum atomic E-state index is 13.3. The van der Waals surface area contributed by atoms with Gasteiger partial charge < -0.3 is 50.8 Å². The largest absolute Gasteiger partial charge is 0.493 e. The van der Waals surface area contributed by atoms with Crippen molar-refractivity contribution in [1.29, 1.82) is 5.41 Å². The van der Waals surface area contributed by atoms with Gasteiger partial charge in [-0.05, 0) is 69.3 Å². The van der Waals surface area contributed by atoms with Crippen molar-refractivity contribution in [3.05, 3.63) is 35.1 Å². The van der Waals surface area contributed by atoms with Crippen molar-refractivity contribution in [3.63, 3.8) is 0 Å². The van der Waals surface area contributed by atoms with Crippen molar-refractivity contribution in [3.8, 4) is 11.5 Å². The van der Waals surface area contributed by atoms with Gasteiger partial charge in [0.15, 0.2) is 23.6 Å². The number of amides is 3. The minimum absolute atomic E-state index is 0.0619. The lowest BCUT2D eigenvalue weighted by Crippen LogP contribution is -2.63. The average molecular weight is 642 g/mol. The summed E-state index contributed by atoms with van der Waals surface area (Å²) in [4.78, 5) is 52.9. The number of carboxylic acids is 1. The third-order valence-corrected chi connectivity index (χ3v) is 9.64. The number of benzene rings is 1. The molecule has 15 heteroatoms. The van der Waals surface area contributed by atoms with Crippen LogP contribution in [0.15, 0.2) is 24.0 Å². The minimum atomic E-state index is -1.32. The zero-order valence-corrected chi connectivity index (χ0v) is 26.4. The van der Waals surface area contributed by atoms with E-state index >= 15 is 0 Å². The maximum Gasteiger partial charge on any atom is 0.414 e. The first-order valence-corrected chi connectivity index (χ1v) is 15.5. The van der Waals surface area contributed by atoms with Crippen LogP contribution in [-0.4, -0.2) is 110 Å². The van der Waals surface area contributed by atoms with Crippen LogP contribution in [0.4, 0.5) is 4.79 Å². The molecule has 2 heterocycles. The molecule has 3 amide bonds. The van der Waals surface area contributed by atoms with Gasteiger partial charge in [-0.15, -0.1) is 0 Å². The quantitative estimate of drug-likeness (QED) is 0.0745. The van der Waals surface area contributed by atoms with Gasteiger partial charge in [0.25, 0.3) is 0 Å². The van der Waals surface area contributed by atoms with Crippen LogP contribution in [0.3, 0.4) is 0 Å². The molecule has 7 N–H and O–H groups in total. The van der Waals surface area contributed by atoms with E-state index in [4.69, 9.17) is 30.5 Å². The van der Waals surface area contributed by atoms with Gasteiger partial charge >= 0.3 is 12.1 Å². The summed E-state index contributed by atoms with van der Waals surface area (Å²) in [6.07, 6.45) is 3.26. The second-order valence-electron chi connectivity index (χ2n) is 12.4. The van der Waals surface area contributed by atoms with Gasteiger partial charge in [-0.3, -0.25) is 19.8 Å². The van der Waals surface area contributed by atoms with E-state index in [0.717, 1.165) is 31.6 Å². The number of guanidine groups is 1. The smallest absolute Gasteiger partial charge is 0.414 e. The highest BCUT2D eigenvalue weighted by atomic mass is 16.6. The van der Waals surface area contributed by atoms with E-state index in [1.807, 2.05) is 12.1 Å². The number of rotatable bonds is 13. The fourth-order valence-electron chi connectivity index (χ4n) is 7.48. The molecule has 250 valence electrons. The summed E-state index contributed by atoms with van der Waals surface area (Å²) >= 11 is 0. The molecular formula is C31H43N7O8. The molecular weight excluding hydrogens is 598 g/mol. The normalized spacial score (nSPS) is 24.3. The molecule has 0 unspecified atom stereocenters. The first-order chi connectivity index (χ1) is 22.0. The Bertz CT molecular complexity index is 1430. The third-order valence-electron chi connectivity index (χ3n) is 9.64. The zero-order valence-electron chi connectivity index (χ0n) is 26.4. The SMILES string of the molecule is COc1ccc2c3c1O[C@H]1C(OC(=O)N(C)CCNC(=O)[C@@H](CCCNC(=N)N)NC(=O)CC(=O)O)=CC[C@H]4[C@@H](C2)N(C)CC[C@]314. The van der Waals surface area contributed by atoms with E-state index < -0.39 is 42.4 Å². The van der Waals surface area contributed by atoms with Crippen molar-refractivity contribution in [2.24, 2.45) is 11.7 Å². The number of carboxylic acid groups (broad SMARTS) is 1. The predicted octanol–water partition coefficient (Wildman–Crippen LogP) is 0.265. The number of carbonyl (C=O) groups is 4. The Kier molecular flexibility index (Phi) is 9.60. The molecule has 5 rings (SSSR count). The van der Waals surface area contributed by atoms with E-state index in [0.29, 0.717) is 36.4 Å². The first-order valence-electron chi connectivity index (χ1n) is 15.5. The molecule has 0 radical (unpaired) electrons. The molecule has 2 aliphatic heterocycles. The van der Waals surface area contributed by atoms with Crippen LogP contribution in [0.5, 0.6) is 11.5 Å². The fourth-order valence-corrected chi connectivity index (χ4v) is 7.48. The lowest BCUT2D eigenvalue weighted by atomic mass is 9.53. The standard InChI is InChI=1S/C31H43N7O8/c1-37-13-10-31-18-7-9-22(27(31)46-26-21(44-3)8-6-17(25(26)31)15-20(18)37)45-30(43)38(2)14-12-34-28(42)19(5-4-11-35-29(32)33)36-23(39)16-24(40)41/h6,8-9,18-20,27H,4-5,7,10-16H2,1-3H3,(H,34,42)(H,36,39)(H,40,41)(H4,32,33,35)/t18-,19+,20+,27-,31-/m0/s1. The van der Waals surface area contributed by atoms with Crippen molar-refractivity contribution in [1.82, 2.24) is 25.8 Å². The molecule has 1 saturated heterocycles. The molecule has 1 spiro atoms. The lowest BCUT2D eigenvalue weighted by molar-refractivity contribution is -0.141. The maximum absolute atomic E-state index is 13.3. The topological polar surface area (TPSA) is 209 Å². The van der Waals surface area contributed by atoms with Crippen LogP contribution in [0.1, 0.15) is 43.2 Å². The number of nitrogens with one attached hydrogen (secondary N) is 4. The second kappa shape index (κ2) is 13.4. The van der Waals surface area contributed by atoms with Crippen LogP contribution < -0.4 is 31.2 Å². The van der Waals surface area contributed by atoms with Crippen molar-refractivity contribution in [2.45, 2.75) is 62.1 Å². The highest BCUT2D eigenvalue weighted by Gasteiger charge is 2.64. The Hall–Kier alpha value is -4.53. The van der Waals surface area contributed by atoms with Gasteiger partial charge in [0.05, 0.1) is 7.11 Å². The van der Waals surface area contributed by atoms with E-state index in [1.165, 1.54) is 16.0 Å². The molecule has 5 atom stereocenters. The second-order valence-corrected chi connectivity index (χ2v) is 12.4. The number of ether oxygens (including phenoxy) is 3. The summed E-state index contributed by atoms with van der Waals surface area (Å²) < 4.78 is 18.3. The number of aliphatic carboxylic acids is 1. The summed E-state index contributed by atoms with van der Waals surface area (Å²) in [5.41, 5.74) is 7.40. The monoisotopic (exact) mass is 641 g/mol. The summed E-state index contributed by atoms with van der Waals surface area (Å²) in [6, 6.07) is 3.43. The molecule has 1 aromatic rings. The van der Waals surface area contributed by atoms with Gasteiger partial charge in [-0.1, -0.05) is 6.07 Å².